The zero-order valence-electron chi connectivity index (χ0n) is 20.1. The highest BCUT2D eigenvalue weighted by Crippen LogP contribution is 2.39. The third-order valence-corrected chi connectivity index (χ3v) is 7.64. The summed E-state index contributed by atoms with van der Waals surface area (Å²) in [6, 6.07) is 15.0. The van der Waals surface area contributed by atoms with Crippen molar-refractivity contribution in [2.24, 2.45) is 5.92 Å². The maximum Gasteiger partial charge on any atom is 0.251 e. The Morgan fingerprint density at radius 2 is 1.82 bits per heavy atom. The van der Waals surface area contributed by atoms with Crippen molar-refractivity contribution in [1.82, 2.24) is 16.0 Å². The number of ether oxygens (including phenoxy) is 2. The number of nitrogens with one attached hydrogen (secondary N) is 3. The number of fused-ring (bicyclic) bond motifs is 1. The molecule has 0 bridgehead atoms. The second-order valence-electron chi connectivity index (χ2n) is 10.00. The molecule has 3 N–H and O–H groups in total. The Morgan fingerprint density at radius 3 is 2.65 bits per heavy atom. The highest BCUT2D eigenvalue weighted by molar-refractivity contribution is 5.94. The summed E-state index contributed by atoms with van der Waals surface area (Å²) < 4.78 is 11.6. The normalized spacial score (nSPS) is 23.4. The van der Waals surface area contributed by atoms with Crippen molar-refractivity contribution in [2.45, 2.75) is 57.0 Å². The van der Waals surface area contributed by atoms with E-state index in [1.807, 2.05) is 24.3 Å². The SMILES string of the molecule is C[C@@H](NCC1CC[C@H](c2ccc(C(=O)NC3CCNCC3)cc2)C1)c1cccc2c1OCCO2. The number of carbonyl (C=O) groups is 1. The van der Waals surface area contributed by atoms with Crippen molar-refractivity contribution in [3.05, 3.63) is 59.2 Å². The summed E-state index contributed by atoms with van der Waals surface area (Å²) in [5.74, 6) is 3.03. The molecule has 3 aliphatic rings. The summed E-state index contributed by atoms with van der Waals surface area (Å²) >= 11 is 0. The first-order chi connectivity index (χ1) is 16.7. The highest BCUT2D eigenvalue weighted by Gasteiger charge is 2.27. The zero-order chi connectivity index (χ0) is 23.3. The monoisotopic (exact) mass is 463 g/mol. The van der Waals surface area contributed by atoms with E-state index in [0.717, 1.165) is 49.5 Å². The minimum Gasteiger partial charge on any atom is -0.486 e. The van der Waals surface area contributed by atoms with E-state index in [0.29, 0.717) is 31.1 Å². The molecular formula is C28H37N3O3. The molecule has 182 valence electrons. The molecular weight excluding hydrogens is 426 g/mol. The van der Waals surface area contributed by atoms with E-state index in [4.69, 9.17) is 9.47 Å². The van der Waals surface area contributed by atoms with Crippen molar-refractivity contribution in [2.75, 3.05) is 32.8 Å². The predicted octanol–water partition coefficient (Wildman–Crippen LogP) is 4.17. The molecule has 34 heavy (non-hydrogen) atoms. The highest BCUT2D eigenvalue weighted by atomic mass is 16.6. The van der Waals surface area contributed by atoms with Crippen LogP contribution in [0.5, 0.6) is 11.5 Å². The first-order valence-corrected chi connectivity index (χ1v) is 12.9. The third kappa shape index (κ3) is 5.39. The molecule has 2 aromatic carbocycles. The predicted molar refractivity (Wildman–Crippen MR) is 134 cm³/mol. The smallest absolute Gasteiger partial charge is 0.251 e. The molecule has 0 aromatic heterocycles. The Balaban J connectivity index is 1.11. The minimum atomic E-state index is 0.0541. The maximum absolute atomic E-state index is 12.6. The molecule has 6 nitrogen and oxygen atoms in total. The van der Waals surface area contributed by atoms with Crippen molar-refractivity contribution >= 4 is 5.91 Å². The van der Waals surface area contributed by atoms with Gasteiger partial charge in [-0.2, -0.15) is 0 Å². The van der Waals surface area contributed by atoms with Crippen LogP contribution in [-0.4, -0.2) is 44.8 Å². The summed E-state index contributed by atoms with van der Waals surface area (Å²) in [6.45, 7) is 6.39. The number of amides is 1. The van der Waals surface area contributed by atoms with E-state index in [1.54, 1.807) is 0 Å². The van der Waals surface area contributed by atoms with E-state index >= 15 is 0 Å². The zero-order valence-corrected chi connectivity index (χ0v) is 20.1. The summed E-state index contributed by atoms with van der Waals surface area (Å²) in [4.78, 5) is 12.6. The molecule has 1 saturated heterocycles. The summed E-state index contributed by atoms with van der Waals surface area (Å²) in [5, 5.41) is 10.3. The largest absolute Gasteiger partial charge is 0.486 e. The molecule has 1 amide bonds. The molecule has 6 heteroatoms. The Bertz CT molecular complexity index is 971. The Kier molecular flexibility index (Phi) is 7.36. The van der Waals surface area contributed by atoms with Gasteiger partial charge in [0.2, 0.25) is 0 Å². The standard InChI is InChI=1S/C28H37N3O3/c1-19(25-3-2-4-26-27(25)34-16-15-33-26)30-18-20-5-6-23(17-20)21-7-9-22(10-8-21)28(32)31-24-11-13-29-14-12-24/h2-4,7-10,19-20,23-24,29-30H,5-6,11-18H2,1H3,(H,31,32)/t19-,20?,23+/m1/s1. The van der Waals surface area contributed by atoms with E-state index in [2.05, 4.69) is 41.1 Å². The van der Waals surface area contributed by atoms with E-state index in [-0.39, 0.29) is 11.9 Å². The molecule has 0 radical (unpaired) electrons. The van der Waals surface area contributed by atoms with Gasteiger partial charge in [0.15, 0.2) is 11.5 Å². The van der Waals surface area contributed by atoms with Crippen molar-refractivity contribution in [1.29, 1.82) is 0 Å². The van der Waals surface area contributed by atoms with Crippen LogP contribution in [-0.2, 0) is 0 Å². The molecule has 3 atom stereocenters. The lowest BCUT2D eigenvalue weighted by Gasteiger charge is -2.25. The molecule has 1 saturated carbocycles. The molecule has 0 spiro atoms. The molecule has 2 aliphatic heterocycles. The van der Waals surface area contributed by atoms with Crippen LogP contribution in [0.4, 0.5) is 0 Å². The lowest BCUT2D eigenvalue weighted by atomic mass is 9.95. The second-order valence-corrected chi connectivity index (χ2v) is 10.00. The van der Waals surface area contributed by atoms with Crippen LogP contribution in [0.1, 0.15) is 72.5 Å². The lowest BCUT2D eigenvalue weighted by molar-refractivity contribution is 0.0929. The van der Waals surface area contributed by atoms with Crippen LogP contribution in [0, 0.1) is 5.92 Å². The summed E-state index contributed by atoms with van der Waals surface area (Å²) in [7, 11) is 0. The first kappa shape index (κ1) is 23.2. The van der Waals surface area contributed by atoms with Crippen molar-refractivity contribution in [3.8, 4) is 11.5 Å². The molecule has 2 heterocycles. The minimum absolute atomic E-state index is 0.0541. The fourth-order valence-corrected chi connectivity index (χ4v) is 5.60. The maximum atomic E-state index is 12.6. The lowest BCUT2D eigenvalue weighted by Crippen LogP contribution is -2.42. The van der Waals surface area contributed by atoms with Crippen LogP contribution >= 0.6 is 0 Å². The van der Waals surface area contributed by atoms with Gasteiger partial charge in [-0.05, 0) is 94.3 Å². The number of hydrogen-bond acceptors (Lipinski definition) is 5. The van der Waals surface area contributed by atoms with Crippen LogP contribution in [0.2, 0.25) is 0 Å². The van der Waals surface area contributed by atoms with Crippen LogP contribution in [0.25, 0.3) is 0 Å². The fraction of sp³-hybridized carbons (Fsp3) is 0.536. The van der Waals surface area contributed by atoms with Crippen LogP contribution in [0.15, 0.2) is 42.5 Å². The molecule has 5 rings (SSSR count). The van der Waals surface area contributed by atoms with E-state index in [1.165, 1.54) is 30.4 Å². The summed E-state index contributed by atoms with van der Waals surface area (Å²) in [6.07, 6.45) is 5.64. The molecule has 1 unspecified atom stereocenters. The van der Waals surface area contributed by atoms with Gasteiger partial charge in [-0.3, -0.25) is 4.79 Å². The Labute approximate surface area is 202 Å². The average molecular weight is 464 g/mol. The van der Waals surface area contributed by atoms with Gasteiger partial charge in [0, 0.05) is 23.2 Å². The van der Waals surface area contributed by atoms with Gasteiger partial charge in [0.1, 0.15) is 13.2 Å². The quantitative estimate of drug-likeness (QED) is 0.575. The van der Waals surface area contributed by atoms with Gasteiger partial charge < -0.3 is 25.4 Å². The van der Waals surface area contributed by atoms with E-state index in [9.17, 15) is 4.79 Å². The Hall–Kier alpha value is -2.57. The summed E-state index contributed by atoms with van der Waals surface area (Å²) in [5.41, 5.74) is 3.30. The number of para-hydroxylation sites is 1. The van der Waals surface area contributed by atoms with Gasteiger partial charge in [-0.1, -0.05) is 24.3 Å². The number of benzene rings is 2. The molecule has 1 aliphatic carbocycles. The number of rotatable bonds is 7. The molecule has 2 aromatic rings. The van der Waals surface area contributed by atoms with E-state index < -0.39 is 0 Å². The van der Waals surface area contributed by atoms with Crippen LogP contribution < -0.4 is 25.4 Å². The number of carbonyl (C=O) groups excluding carboxylic acids is 1. The number of piperidine rings is 1. The van der Waals surface area contributed by atoms with Gasteiger partial charge in [0.05, 0.1) is 0 Å². The van der Waals surface area contributed by atoms with Crippen molar-refractivity contribution < 1.29 is 14.3 Å². The number of hydrogen-bond donors (Lipinski definition) is 3. The van der Waals surface area contributed by atoms with Gasteiger partial charge in [-0.15, -0.1) is 0 Å². The average Bonchev–Trinajstić information content (AvgIpc) is 3.37. The first-order valence-electron chi connectivity index (χ1n) is 12.9. The van der Waals surface area contributed by atoms with Crippen LogP contribution in [0.3, 0.4) is 0 Å². The topological polar surface area (TPSA) is 71.6 Å². The third-order valence-electron chi connectivity index (χ3n) is 7.64. The Morgan fingerprint density at radius 1 is 1.03 bits per heavy atom. The van der Waals surface area contributed by atoms with Gasteiger partial charge in [-0.25, -0.2) is 0 Å². The van der Waals surface area contributed by atoms with Crippen molar-refractivity contribution in [3.63, 3.8) is 0 Å². The van der Waals surface area contributed by atoms with Gasteiger partial charge >= 0.3 is 0 Å². The van der Waals surface area contributed by atoms with Gasteiger partial charge in [0.25, 0.3) is 5.91 Å². The fourth-order valence-electron chi connectivity index (χ4n) is 5.60. The second kappa shape index (κ2) is 10.8. The molecule has 2 fully saturated rings.